The van der Waals surface area contributed by atoms with Crippen molar-refractivity contribution in [3.8, 4) is 5.75 Å². The van der Waals surface area contributed by atoms with Gasteiger partial charge in [-0.3, -0.25) is 10.1 Å². The fourth-order valence-electron chi connectivity index (χ4n) is 1.46. The molecule has 0 amide bonds. The largest absolute Gasteiger partial charge is 0.490 e. The maximum Gasteiger partial charge on any atom is 0.312 e. The normalized spacial score (nSPS) is 10.7. The van der Waals surface area contributed by atoms with Crippen LogP contribution in [0.5, 0.6) is 5.75 Å². The Morgan fingerprint density at radius 1 is 1.52 bits per heavy atom. The summed E-state index contributed by atoms with van der Waals surface area (Å²) >= 11 is 0. The smallest absolute Gasteiger partial charge is 0.312 e. The lowest BCUT2D eigenvalue weighted by Crippen LogP contribution is -2.25. The van der Waals surface area contributed by atoms with E-state index >= 15 is 0 Å². The average molecular weight is 315 g/mol. The van der Waals surface area contributed by atoms with Crippen molar-refractivity contribution in [2.24, 2.45) is 5.11 Å². The number of nitro groups is 1. The number of methoxy groups -OCH3 is 1. The van der Waals surface area contributed by atoms with Crippen LogP contribution >= 0.6 is 0 Å². The molecule has 0 aliphatic heterocycles. The molecule has 0 radical (unpaired) electrons. The number of nitrogens with one attached hydrogen (secondary N) is 1. The van der Waals surface area contributed by atoms with Gasteiger partial charge in [0.2, 0.25) is 10.0 Å². The van der Waals surface area contributed by atoms with Crippen LogP contribution in [0.15, 0.2) is 28.2 Å². The number of hydrogen-bond acceptors (Lipinski definition) is 6. The van der Waals surface area contributed by atoms with E-state index in [1.54, 1.807) is 0 Å². The molecule has 0 aliphatic carbocycles. The van der Waals surface area contributed by atoms with E-state index in [0.29, 0.717) is 6.42 Å². The topological polar surface area (TPSA) is 147 Å². The van der Waals surface area contributed by atoms with Crippen LogP contribution < -0.4 is 9.46 Å². The molecule has 0 unspecified atom stereocenters. The molecular formula is C10H13N5O5S. The van der Waals surface area contributed by atoms with E-state index in [2.05, 4.69) is 14.7 Å². The van der Waals surface area contributed by atoms with Crippen LogP contribution in [0.4, 0.5) is 5.69 Å². The zero-order valence-corrected chi connectivity index (χ0v) is 11.9. The molecule has 1 aromatic carbocycles. The third-order valence-corrected chi connectivity index (χ3v) is 3.91. The number of azide groups is 1. The van der Waals surface area contributed by atoms with Crippen LogP contribution in [0.2, 0.25) is 0 Å². The zero-order valence-electron chi connectivity index (χ0n) is 11.1. The van der Waals surface area contributed by atoms with Crippen molar-refractivity contribution in [2.75, 3.05) is 20.2 Å². The monoisotopic (exact) mass is 315 g/mol. The Morgan fingerprint density at radius 3 is 2.81 bits per heavy atom. The highest BCUT2D eigenvalue weighted by molar-refractivity contribution is 7.89. The van der Waals surface area contributed by atoms with E-state index in [9.17, 15) is 18.5 Å². The highest BCUT2D eigenvalue weighted by atomic mass is 32.2. The molecule has 0 heterocycles. The van der Waals surface area contributed by atoms with Gasteiger partial charge in [-0.1, -0.05) is 5.11 Å². The fourth-order valence-corrected chi connectivity index (χ4v) is 2.56. The third kappa shape index (κ3) is 4.60. The van der Waals surface area contributed by atoms with E-state index in [-0.39, 0.29) is 23.7 Å². The molecule has 1 N–H and O–H groups in total. The van der Waals surface area contributed by atoms with Crippen LogP contribution in [0.25, 0.3) is 10.4 Å². The lowest BCUT2D eigenvalue weighted by Gasteiger charge is -2.07. The second-order valence-electron chi connectivity index (χ2n) is 3.80. The zero-order chi connectivity index (χ0) is 15.9. The molecule has 0 aromatic heterocycles. The molecule has 0 spiro atoms. The van der Waals surface area contributed by atoms with Gasteiger partial charge in [-0.25, -0.2) is 13.1 Å². The van der Waals surface area contributed by atoms with Gasteiger partial charge in [0.25, 0.3) is 0 Å². The minimum Gasteiger partial charge on any atom is -0.490 e. The van der Waals surface area contributed by atoms with Gasteiger partial charge in [0.05, 0.1) is 16.9 Å². The minimum absolute atomic E-state index is 0.0256. The lowest BCUT2D eigenvalue weighted by molar-refractivity contribution is -0.386. The SMILES string of the molecule is COc1ccc(S(=O)(=O)NCCCN=[N+]=[N-])cc1[N+](=O)[O-]. The van der Waals surface area contributed by atoms with Crippen molar-refractivity contribution in [1.29, 1.82) is 0 Å². The molecule has 0 aliphatic rings. The van der Waals surface area contributed by atoms with E-state index in [0.717, 1.165) is 6.07 Å². The summed E-state index contributed by atoms with van der Waals surface area (Å²) in [5, 5.41) is 14.1. The second kappa shape index (κ2) is 7.43. The maximum atomic E-state index is 12.0. The Balaban J connectivity index is 2.90. The van der Waals surface area contributed by atoms with Crippen LogP contribution in [0, 0.1) is 10.1 Å². The highest BCUT2D eigenvalue weighted by Crippen LogP contribution is 2.29. The summed E-state index contributed by atoms with van der Waals surface area (Å²) in [6.45, 7) is 0.211. The van der Waals surface area contributed by atoms with E-state index < -0.39 is 20.6 Å². The molecule has 0 bridgehead atoms. The van der Waals surface area contributed by atoms with Gasteiger partial charge in [0.1, 0.15) is 0 Å². The number of sulfonamides is 1. The van der Waals surface area contributed by atoms with E-state index in [4.69, 9.17) is 10.3 Å². The number of rotatable bonds is 8. The molecule has 1 aromatic rings. The standard InChI is InChI=1S/C10H13N5O5S/c1-20-10-4-3-8(7-9(10)15(16)17)21(18,19)13-6-2-5-12-14-11/h3-4,7,13H,2,5-6H2,1H3. The second-order valence-corrected chi connectivity index (χ2v) is 5.56. The molecule has 114 valence electrons. The Kier molecular flexibility index (Phi) is 5.91. The summed E-state index contributed by atoms with van der Waals surface area (Å²) in [6, 6.07) is 3.35. The third-order valence-electron chi connectivity index (χ3n) is 2.45. The van der Waals surface area contributed by atoms with Crippen molar-refractivity contribution in [3.63, 3.8) is 0 Å². The van der Waals surface area contributed by atoms with Gasteiger partial charge in [-0.05, 0) is 24.1 Å². The fraction of sp³-hybridized carbons (Fsp3) is 0.400. The number of benzene rings is 1. The molecule has 21 heavy (non-hydrogen) atoms. The number of hydrogen-bond donors (Lipinski definition) is 1. The summed E-state index contributed by atoms with van der Waals surface area (Å²) in [5.41, 5.74) is 7.64. The number of nitro benzene ring substituents is 1. The van der Waals surface area contributed by atoms with Gasteiger partial charge < -0.3 is 4.74 Å². The van der Waals surface area contributed by atoms with Crippen molar-refractivity contribution in [3.05, 3.63) is 38.8 Å². The molecule has 0 atom stereocenters. The van der Waals surface area contributed by atoms with Crippen LogP contribution in [-0.4, -0.2) is 33.5 Å². The van der Waals surface area contributed by atoms with Crippen molar-refractivity contribution >= 4 is 15.7 Å². The quantitative estimate of drug-likeness (QED) is 0.193. The predicted molar refractivity (Wildman–Crippen MR) is 73.5 cm³/mol. The Bertz CT molecular complexity index is 668. The van der Waals surface area contributed by atoms with Gasteiger partial charge in [0.15, 0.2) is 5.75 Å². The first-order valence-corrected chi connectivity index (χ1v) is 7.23. The van der Waals surface area contributed by atoms with Gasteiger partial charge in [0, 0.05) is 24.1 Å². The van der Waals surface area contributed by atoms with Crippen LogP contribution in [0.3, 0.4) is 0 Å². The first-order valence-electron chi connectivity index (χ1n) is 5.75. The number of nitrogens with zero attached hydrogens (tertiary/aromatic N) is 4. The molecular weight excluding hydrogens is 302 g/mol. The molecule has 11 heteroatoms. The van der Waals surface area contributed by atoms with E-state index in [1.165, 1.54) is 19.2 Å². The van der Waals surface area contributed by atoms with Gasteiger partial charge in [-0.2, -0.15) is 0 Å². The lowest BCUT2D eigenvalue weighted by atomic mass is 10.3. The highest BCUT2D eigenvalue weighted by Gasteiger charge is 2.21. The van der Waals surface area contributed by atoms with Gasteiger partial charge >= 0.3 is 5.69 Å². The number of ether oxygens (including phenoxy) is 1. The first kappa shape index (κ1) is 16.7. The Hall–Kier alpha value is -2.36. The van der Waals surface area contributed by atoms with Gasteiger partial charge in [-0.15, -0.1) is 0 Å². The van der Waals surface area contributed by atoms with E-state index in [1.807, 2.05) is 0 Å². The summed E-state index contributed by atoms with van der Waals surface area (Å²) in [4.78, 5) is 12.4. The molecule has 0 saturated carbocycles. The van der Waals surface area contributed by atoms with Crippen molar-refractivity contribution < 1.29 is 18.1 Å². The molecule has 0 fully saturated rings. The van der Waals surface area contributed by atoms with Crippen LogP contribution in [0.1, 0.15) is 6.42 Å². The minimum atomic E-state index is -3.87. The molecule has 10 nitrogen and oxygen atoms in total. The average Bonchev–Trinajstić information content (AvgIpc) is 2.46. The Labute approximate surface area is 120 Å². The summed E-state index contributed by atoms with van der Waals surface area (Å²) < 4.78 is 31.0. The first-order chi connectivity index (χ1) is 9.92. The maximum absolute atomic E-state index is 12.0. The summed E-state index contributed by atoms with van der Waals surface area (Å²) in [5.74, 6) is -0.0256. The Morgan fingerprint density at radius 2 is 2.24 bits per heavy atom. The summed E-state index contributed by atoms with van der Waals surface area (Å²) in [7, 11) is -2.62. The van der Waals surface area contributed by atoms with Crippen molar-refractivity contribution in [2.45, 2.75) is 11.3 Å². The predicted octanol–water partition coefficient (Wildman–Crippen LogP) is 1.58. The molecule has 0 saturated heterocycles. The summed E-state index contributed by atoms with van der Waals surface area (Å²) in [6.07, 6.45) is 0.321. The van der Waals surface area contributed by atoms with Crippen molar-refractivity contribution in [1.82, 2.24) is 4.72 Å². The van der Waals surface area contributed by atoms with Crippen LogP contribution in [-0.2, 0) is 10.0 Å². The molecule has 1 rings (SSSR count).